The molecule has 0 bridgehead atoms. The van der Waals surface area contributed by atoms with Crippen LogP contribution >= 0.6 is 0 Å². The van der Waals surface area contributed by atoms with Crippen molar-refractivity contribution in [3.05, 3.63) is 35.7 Å². The summed E-state index contributed by atoms with van der Waals surface area (Å²) in [4.78, 5) is 0. The Labute approximate surface area is 84.6 Å². The van der Waals surface area contributed by atoms with Crippen LogP contribution in [0, 0.1) is 0 Å². The Balaban J connectivity index is 2.52. The molecule has 0 spiro atoms. The first-order valence-electron chi connectivity index (χ1n) is 5.30. The molecule has 0 amide bonds. The van der Waals surface area contributed by atoms with E-state index < -0.39 is 0 Å². The van der Waals surface area contributed by atoms with E-state index in [-0.39, 0.29) is 0 Å². The van der Waals surface area contributed by atoms with Crippen molar-refractivity contribution in [2.24, 2.45) is 0 Å². The molecule has 2 aromatic heterocycles. The first-order chi connectivity index (χ1) is 6.85. The van der Waals surface area contributed by atoms with E-state index in [1.807, 2.05) is 16.9 Å². The second-order valence-corrected chi connectivity index (χ2v) is 3.64. The summed E-state index contributed by atoms with van der Waals surface area (Å²) in [6, 6.07) is 4.38. The van der Waals surface area contributed by atoms with Gasteiger partial charge in [-0.15, -0.1) is 0 Å². The summed E-state index contributed by atoms with van der Waals surface area (Å²) in [5.74, 6) is 0. The monoisotopic (exact) mass is 188 g/mol. The van der Waals surface area contributed by atoms with Crippen molar-refractivity contribution in [1.29, 1.82) is 0 Å². The average Bonchev–Trinajstić information content (AvgIpc) is 2.61. The first-order valence-corrected chi connectivity index (χ1v) is 5.30. The van der Waals surface area contributed by atoms with Gasteiger partial charge >= 0.3 is 0 Å². The Hall–Kier alpha value is -1.31. The number of hydrogen-bond acceptors (Lipinski definition) is 1. The molecule has 2 nitrogen and oxygen atoms in total. The van der Waals surface area contributed by atoms with Crippen LogP contribution in [-0.2, 0) is 12.8 Å². The second-order valence-electron chi connectivity index (χ2n) is 3.64. The van der Waals surface area contributed by atoms with Gasteiger partial charge in [-0.25, -0.2) is 4.52 Å². The summed E-state index contributed by atoms with van der Waals surface area (Å²) in [5, 5.41) is 4.33. The van der Waals surface area contributed by atoms with Gasteiger partial charge in [0.2, 0.25) is 0 Å². The minimum atomic E-state index is 1.09. The molecule has 2 aromatic rings. The van der Waals surface area contributed by atoms with Gasteiger partial charge in [0.25, 0.3) is 0 Å². The lowest BCUT2D eigenvalue weighted by molar-refractivity contribution is 0.928. The largest absolute Gasteiger partial charge is 0.241 e. The zero-order valence-electron chi connectivity index (χ0n) is 8.83. The van der Waals surface area contributed by atoms with E-state index in [4.69, 9.17) is 0 Å². The SMILES string of the molecule is CCCc1cnn2ccc(CC)cc12. The standard InChI is InChI=1S/C12H16N2/c1-3-5-11-9-13-14-7-6-10(4-2)8-12(11)14/h6-9H,3-5H2,1-2H3. The van der Waals surface area contributed by atoms with E-state index in [1.54, 1.807) is 0 Å². The van der Waals surface area contributed by atoms with E-state index in [9.17, 15) is 0 Å². The van der Waals surface area contributed by atoms with Crippen molar-refractivity contribution in [3.8, 4) is 0 Å². The molecule has 0 aliphatic rings. The Kier molecular flexibility index (Phi) is 2.53. The number of aromatic nitrogens is 2. The van der Waals surface area contributed by atoms with Gasteiger partial charge in [-0.2, -0.15) is 5.10 Å². The average molecular weight is 188 g/mol. The molecule has 2 heterocycles. The molecule has 0 saturated heterocycles. The van der Waals surface area contributed by atoms with Gasteiger partial charge < -0.3 is 0 Å². The first kappa shape index (κ1) is 9.25. The van der Waals surface area contributed by atoms with Crippen molar-refractivity contribution in [3.63, 3.8) is 0 Å². The normalized spacial score (nSPS) is 11.0. The molecular weight excluding hydrogens is 172 g/mol. The van der Waals surface area contributed by atoms with E-state index in [2.05, 4.69) is 31.1 Å². The molecule has 0 N–H and O–H groups in total. The number of rotatable bonds is 3. The quantitative estimate of drug-likeness (QED) is 0.724. The fourth-order valence-electron chi connectivity index (χ4n) is 1.76. The van der Waals surface area contributed by atoms with Gasteiger partial charge in [-0.3, -0.25) is 0 Å². The van der Waals surface area contributed by atoms with Crippen molar-refractivity contribution in [2.45, 2.75) is 33.1 Å². The molecule has 0 aliphatic carbocycles. The zero-order chi connectivity index (χ0) is 9.97. The van der Waals surface area contributed by atoms with Crippen LogP contribution in [0.1, 0.15) is 31.4 Å². The fourth-order valence-corrected chi connectivity index (χ4v) is 1.76. The van der Waals surface area contributed by atoms with Crippen LogP contribution in [0.2, 0.25) is 0 Å². The number of hydrogen-bond donors (Lipinski definition) is 0. The van der Waals surface area contributed by atoms with Crippen molar-refractivity contribution in [1.82, 2.24) is 9.61 Å². The van der Waals surface area contributed by atoms with Crippen LogP contribution in [0.4, 0.5) is 0 Å². The summed E-state index contributed by atoms with van der Waals surface area (Å²) in [7, 11) is 0. The highest BCUT2D eigenvalue weighted by molar-refractivity contribution is 5.55. The number of nitrogens with zero attached hydrogens (tertiary/aromatic N) is 2. The summed E-state index contributed by atoms with van der Waals surface area (Å²) in [6.07, 6.45) is 7.42. The lowest BCUT2D eigenvalue weighted by Crippen LogP contribution is -1.89. The number of fused-ring (bicyclic) bond motifs is 1. The van der Waals surface area contributed by atoms with Crippen LogP contribution in [0.25, 0.3) is 5.52 Å². The number of aryl methyl sites for hydroxylation is 2. The van der Waals surface area contributed by atoms with E-state index >= 15 is 0 Å². The third kappa shape index (κ3) is 1.52. The molecule has 0 saturated carbocycles. The summed E-state index contributed by atoms with van der Waals surface area (Å²) in [5.41, 5.74) is 4.02. The Morgan fingerprint density at radius 3 is 2.93 bits per heavy atom. The van der Waals surface area contributed by atoms with Gasteiger partial charge in [-0.1, -0.05) is 20.3 Å². The minimum absolute atomic E-state index is 1.09. The molecule has 74 valence electrons. The van der Waals surface area contributed by atoms with Crippen LogP contribution in [0.3, 0.4) is 0 Å². The molecule has 0 unspecified atom stereocenters. The summed E-state index contributed by atoms with van der Waals surface area (Å²) >= 11 is 0. The fraction of sp³-hybridized carbons (Fsp3) is 0.417. The van der Waals surface area contributed by atoms with Crippen molar-refractivity contribution in [2.75, 3.05) is 0 Å². The molecule has 0 aliphatic heterocycles. The molecular formula is C12H16N2. The van der Waals surface area contributed by atoms with Crippen molar-refractivity contribution < 1.29 is 0 Å². The Morgan fingerprint density at radius 2 is 2.21 bits per heavy atom. The lowest BCUT2D eigenvalue weighted by Gasteiger charge is -2.00. The van der Waals surface area contributed by atoms with E-state index in [0.29, 0.717) is 0 Å². The van der Waals surface area contributed by atoms with E-state index in [1.165, 1.54) is 23.1 Å². The van der Waals surface area contributed by atoms with Gasteiger partial charge in [0.15, 0.2) is 0 Å². The highest BCUT2D eigenvalue weighted by atomic mass is 15.2. The Bertz CT molecular complexity index is 429. The summed E-state index contributed by atoms with van der Waals surface area (Å²) < 4.78 is 1.96. The topological polar surface area (TPSA) is 17.3 Å². The zero-order valence-corrected chi connectivity index (χ0v) is 8.83. The molecule has 14 heavy (non-hydrogen) atoms. The van der Waals surface area contributed by atoms with E-state index in [0.717, 1.165) is 12.8 Å². The van der Waals surface area contributed by atoms with Gasteiger partial charge in [-0.05, 0) is 36.1 Å². The minimum Gasteiger partial charge on any atom is -0.241 e. The highest BCUT2D eigenvalue weighted by Crippen LogP contribution is 2.14. The third-order valence-electron chi connectivity index (χ3n) is 2.59. The molecule has 0 radical (unpaired) electrons. The maximum Gasteiger partial charge on any atom is 0.0696 e. The van der Waals surface area contributed by atoms with Crippen LogP contribution in [0.5, 0.6) is 0 Å². The highest BCUT2D eigenvalue weighted by Gasteiger charge is 2.02. The smallest absolute Gasteiger partial charge is 0.0696 e. The van der Waals surface area contributed by atoms with Gasteiger partial charge in [0, 0.05) is 6.20 Å². The predicted octanol–water partition coefficient (Wildman–Crippen LogP) is 2.85. The van der Waals surface area contributed by atoms with Gasteiger partial charge in [0.05, 0.1) is 11.7 Å². The molecule has 2 rings (SSSR count). The predicted molar refractivity (Wildman–Crippen MR) is 58.6 cm³/mol. The molecule has 0 fully saturated rings. The summed E-state index contributed by atoms with van der Waals surface area (Å²) in [6.45, 7) is 4.38. The maximum absolute atomic E-state index is 4.33. The van der Waals surface area contributed by atoms with Crippen LogP contribution in [-0.4, -0.2) is 9.61 Å². The van der Waals surface area contributed by atoms with Gasteiger partial charge in [0.1, 0.15) is 0 Å². The third-order valence-corrected chi connectivity index (χ3v) is 2.59. The van der Waals surface area contributed by atoms with Crippen molar-refractivity contribution >= 4 is 5.52 Å². The number of pyridine rings is 1. The van der Waals surface area contributed by atoms with Crippen LogP contribution < -0.4 is 0 Å². The maximum atomic E-state index is 4.33. The molecule has 2 heteroatoms. The van der Waals surface area contributed by atoms with Crippen LogP contribution in [0.15, 0.2) is 24.5 Å². The Morgan fingerprint density at radius 1 is 1.36 bits per heavy atom. The second kappa shape index (κ2) is 3.82. The molecule has 0 atom stereocenters. The lowest BCUT2D eigenvalue weighted by atomic mass is 10.1. The molecule has 0 aromatic carbocycles.